The zero-order valence-electron chi connectivity index (χ0n) is 13.8. The Bertz CT molecular complexity index is 751. The Balaban J connectivity index is 1.26. The van der Waals surface area contributed by atoms with Crippen LogP contribution in [0.3, 0.4) is 0 Å². The minimum atomic E-state index is -0.220. The molecule has 3 N–H and O–H groups in total. The molecule has 1 fully saturated rings. The van der Waals surface area contributed by atoms with E-state index in [9.17, 15) is 4.79 Å². The molecular formula is C19H21N3O3. The first-order valence-corrected chi connectivity index (χ1v) is 8.52. The number of carbonyl (C=O) groups excluding carboxylic acids is 1. The van der Waals surface area contributed by atoms with E-state index >= 15 is 0 Å². The maximum Gasteiger partial charge on any atom is 0.238 e. The Morgan fingerprint density at radius 2 is 1.92 bits per heavy atom. The predicted octanol–water partition coefficient (Wildman–Crippen LogP) is 1.68. The smallest absolute Gasteiger partial charge is 0.238 e. The average Bonchev–Trinajstić information content (AvgIpc) is 3.31. The third-order valence-corrected chi connectivity index (χ3v) is 4.57. The van der Waals surface area contributed by atoms with E-state index in [1.165, 1.54) is 5.56 Å². The molecule has 2 aliphatic heterocycles. The number of hydrogen-bond donors (Lipinski definition) is 3. The van der Waals surface area contributed by atoms with Gasteiger partial charge in [0.05, 0.1) is 0 Å². The van der Waals surface area contributed by atoms with Crippen molar-refractivity contribution in [2.75, 3.05) is 13.3 Å². The summed E-state index contributed by atoms with van der Waals surface area (Å²) in [5.41, 5.74) is 8.59. The zero-order valence-corrected chi connectivity index (χ0v) is 13.8. The first kappa shape index (κ1) is 15.9. The fourth-order valence-corrected chi connectivity index (χ4v) is 3.18. The Morgan fingerprint density at radius 1 is 1.08 bits per heavy atom. The van der Waals surface area contributed by atoms with Crippen molar-refractivity contribution < 1.29 is 14.3 Å². The summed E-state index contributed by atoms with van der Waals surface area (Å²) >= 11 is 0. The van der Waals surface area contributed by atoms with Crippen molar-refractivity contribution in [3.05, 3.63) is 59.7 Å². The molecule has 0 aromatic heterocycles. The standard InChI is InChI=1S/C19H21N3O3/c23-19(16-11-15(21-22-16)14-4-2-1-3-5-14)20-9-8-13-6-7-17-18(10-13)25-12-24-17/h1-7,10,15-16,21-22H,8-9,11-12H2,(H,20,23). The highest BCUT2D eigenvalue weighted by atomic mass is 16.7. The Kier molecular flexibility index (Phi) is 4.54. The van der Waals surface area contributed by atoms with Crippen LogP contribution in [0.15, 0.2) is 48.5 Å². The first-order chi connectivity index (χ1) is 12.3. The molecule has 6 heteroatoms. The van der Waals surface area contributed by atoms with Crippen LogP contribution in [0.2, 0.25) is 0 Å². The fraction of sp³-hybridized carbons (Fsp3) is 0.316. The minimum Gasteiger partial charge on any atom is -0.454 e. The van der Waals surface area contributed by atoms with Gasteiger partial charge in [-0.2, -0.15) is 0 Å². The van der Waals surface area contributed by atoms with Crippen LogP contribution in [-0.2, 0) is 11.2 Å². The maximum absolute atomic E-state index is 12.3. The van der Waals surface area contributed by atoms with Gasteiger partial charge in [0, 0.05) is 12.6 Å². The Morgan fingerprint density at radius 3 is 2.80 bits per heavy atom. The molecule has 1 amide bonds. The lowest BCUT2D eigenvalue weighted by molar-refractivity contribution is -0.122. The van der Waals surface area contributed by atoms with Crippen LogP contribution in [0.25, 0.3) is 0 Å². The van der Waals surface area contributed by atoms with E-state index in [1.807, 2.05) is 36.4 Å². The van der Waals surface area contributed by atoms with Gasteiger partial charge < -0.3 is 14.8 Å². The minimum absolute atomic E-state index is 0.0201. The maximum atomic E-state index is 12.3. The summed E-state index contributed by atoms with van der Waals surface area (Å²) in [4.78, 5) is 12.3. The second-order valence-electron chi connectivity index (χ2n) is 6.27. The van der Waals surface area contributed by atoms with E-state index in [-0.39, 0.29) is 24.8 Å². The Labute approximate surface area is 146 Å². The molecule has 0 spiro atoms. The highest BCUT2D eigenvalue weighted by Crippen LogP contribution is 2.32. The van der Waals surface area contributed by atoms with Gasteiger partial charge in [0.2, 0.25) is 12.7 Å². The molecule has 4 rings (SSSR count). The van der Waals surface area contributed by atoms with Crippen molar-refractivity contribution in [1.29, 1.82) is 0 Å². The average molecular weight is 339 g/mol. The number of rotatable bonds is 5. The monoisotopic (exact) mass is 339 g/mol. The third kappa shape index (κ3) is 3.60. The summed E-state index contributed by atoms with van der Waals surface area (Å²) in [6.45, 7) is 0.866. The van der Waals surface area contributed by atoms with Crippen molar-refractivity contribution in [3.63, 3.8) is 0 Å². The van der Waals surface area contributed by atoms with Gasteiger partial charge in [-0.1, -0.05) is 36.4 Å². The van der Waals surface area contributed by atoms with Crippen LogP contribution < -0.4 is 25.6 Å². The van der Waals surface area contributed by atoms with Gasteiger partial charge in [-0.25, -0.2) is 10.9 Å². The SMILES string of the molecule is O=C(NCCc1ccc2c(c1)OCO2)C1CC(c2ccccc2)NN1. The van der Waals surface area contributed by atoms with E-state index in [1.54, 1.807) is 0 Å². The Hall–Kier alpha value is -2.57. The quantitative estimate of drug-likeness (QED) is 0.773. The lowest BCUT2D eigenvalue weighted by Crippen LogP contribution is -2.43. The molecule has 130 valence electrons. The number of carbonyl (C=O) groups is 1. The second-order valence-corrected chi connectivity index (χ2v) is 6.27. The van der Waals surface area contributed by atoms with Crippen LogP contribution in [0.4, 0.5) is 0 Å². The summed E-state index contributed by atoms with van der Waals surface area (Å²) in [7, 11) is 0. The summed E-state index contributed by atoms with van der Waals surface area (Å²) in [5, 5.41) is 3.00. The molecule has 25 heavy (non-hydrogen) atoms. The van der Waals surface area contributed by atoms with Crippen LogP contribution in [0, 0.1) is 0 Å². The van der Waals surface area contributed by atoms with E-state index in [0.29, 0.717) is 6.54 Å². The molecule has 2 aromatic carbocycles. The van der Waals surface area contributed by atoms with Crippen molar-refractivity contribution in [2.24, 2.45) is 0 Å². The number of benzene rings is 2. The molecule has 2 aromatic rings. The molecule has 2 aliphatic rings. The zero-order chi connectivity index (χ0) is 17.1. The van der Waals surface area contributed by atoms with Crippen molar-refractivity contribution in [3.8, 4) is 11.5 Å². The largest absolute Gasteiger partial charge is 0.454 e. The second kappa shape index (κ2) is 7.13. The molecule has 0 aliphatic carbocycles. The van der Waals surface area contributed by atoms with Gasteiger partial charge in [-0.05, 0) is 36.1 Å². The molecule has 6 nitrogen and oxygen atoms in total. The number of amides is 1. The highest BCUT2D eigenvalue weighted by molar-refractivity contribution is 5.82. The summed E-state index contributed by atoms with van der Waals surface area (Å²) in [5.74, 6) is 1.57. The normalized spacial score (nSPS) is 21.3. The summed E-state index contributed by atoms with van der Waals surface area (Å²) < 4.78 is 10.7. The number of nitrogens with one attached hydrogen (secondary N) is 3. The number of hydrazine groups is 1. The molecule has 2 unspecified atom stereocenters. The van der Waals surface area contributed by atoms with Crippen LogP contribution in [0.5, 0.6) is 11.5 Å². The van der Waals surface area contributed by atoms with Crippen molar-refractivity contribution in [2.45, 2.75) is 24.9 Å². The van der Waals surface area contributed by atoms with E-state index < -0.39 is 0 Å². The van der Waals surface area contributed by atoms with Gasteiger partial charge in [0.15, 0.2) is 11.5 Å². The van der Waals surface area contributed by atoms with Gasteiger partial charge in [-0.15, -0.1) is 0 Å². The van der Waals surface area contributed by atoms with Gasteiger partial charge >= 0.3 is 0 Å². The molecule has 2 heterocycles. The predicted molar refractivity (Wildman–Crippen MR) is 93.1 cm³/mol. The van der Waals surface area contributed by atoms with Crippen molar-refractivity contribution >= 4 is 5.91 Å². The lowest BCUT2D eigenvalue weighted by atomic mass is 10.0. The van der Waals surface area contributed by atoms with Gasteiger partial charge in [-0.3, -0.25) is 4.79 Å². The molecule has 2 atom stereocenters. The van der Waals surface area contributed by atoms with Gasteiger partial charge in [0.25, 0.3) is 0 Å². The lowest BCUT2D eigenvalue weighted by Gasteiger charge is -2.11. The molecular weight excluding hydrogens is 318 g/mol. The van der Waals surface area contributed by atoms with E-state index in [4.69, 9.17) is 9.47 Å². The van der Waals surface area contributed by atoms with Gasteiger partial charge in [0.1, 0.15) is 6.04 Å². The third-order valence-electron chi connectivity index (χ3n) is 4.57. The van der Waals surface area contributed by atoms with E-state index in [2.05, 4.69) is 28.3 Å². The van der Waals surface area contributed by atoms with Crippen LogP contribution in [-0.4, -0.2) is 25.3 Å². The highest BCUT2D eigenvalue weighted by Gasteiger charge is 2.29. The molecule has 1 saturated heterocycles. The van der Waals surface area contributed by atoms with Crippen LogP contribution in [0.1, 0.15) is 23.6 Å². The van der Waals surface area contributed by atoms with Crippen molar-refractivity contribution in [1.82, 2.24) is 16.2 Å². The van der Waals surface area contributed by atoms with E-state index in [0.717, 1.165) is 29.9 Å². The molecule has 0 bridgehead atoms. The topological polar surface area (TPSA) is 71.6 Å². The first-order valence-electron chi connectivity index (χ1n) is 8.52. The number of hydrogen-bond acceptors (Lipinski definition) is 5. The van der Waals surface area contributed by atoms with Crippen LogP contribution >= 0.6 is 0 Å². The fourth-order valence-electron chi connectivity index (χ4n) is 3.18. The summed E-state index contributed by atoms with van der Waals surface area (Å²) in [6.07, 6.45) is 1.49. The summed E-state index contributed by atoms with van der Waals surface area (Å²) in [6, 6.07) is 16.0. The molecule has 0 saturated carbocycles. The molecule has 0 radical (unpaired) electrons. The number of ether oxygens (including phenoxy) is 2. The number of fused-ring (bicyclic) bond motifs is 1.